The van der Waals surface area contributed by atoms with Gasteiger partial charge >= 0.3 is 0 Å². The van der Waals surface area contributed by atoms with E-state index in [1.165, 1.54) is 50.7 Å². The Morgan fingerprint density at radius 2 is 1.83 bits per heavy atom. The molecule has 2 nitrogen and oxygen atoms in total. The van der Waals surface area contributed by atoms with E-state index in [0.29, 0.717) is 17.3 Å². The van der Waals surface area contributed by atoms with Gasteiger partial charge in [-0.1, -0.05) is 28.1 Å². The minimum atomic E-state index is -0.215. The van der Waals surface area contributed by atoms with E-state index in [4.69, 9.17) is 0 Å². The summed E-state index contributed by atoms with van der Waals surface area (Å²) in [5, 5.41) is 3.09. The van der Waals surface area contributed by atoms with Gasteiger partial charge in [0.2, 0.25) is 5.91 Å². The molecule has 0 spiro atoms. The molecule has 0 radical (unpaired) electrons. The van der Waals surface area contributed by atoms with Crippen LogP contribution in [0.5, 0.6) is 0 Å². The molecule has 4 aliphatic rings. The highest BCUT2D eigenvalue weighted by Gasteiger charge is 2.57. The number of amides is 1. The van der Waals surface area contributed by atoms with Crippen molar-refractivity contribution >= 4 is 21.8 Å². The van der Waals surface area contributed by atoms with E-state index in [1.54, 1.807) is 12.1 Å². The van der Waals surface area contributed by atoms with E-state index in [9.17, 15) is 9.18 Å². The Kier molecular flexibility index (Phi) is 4.22. The zero-order chi connectivity index (χ0) is 16.8. The van der Waals surface area contributed by atoms with Crippen LogP contribution >= 0.6 is 15.9 Å². The lowest BCUT2D eigenvalue weighted by molar-refractivity contribution is -0.128. The van der Waals surface area contributed by atoms with Crippen LogP contribution in [0, 0.1) is 23.1 Å². The van der Waals surface area contributed by atoms with Crippen LogP contribution in [0.25, 0.3) is 0 Å². The van der Waals surface area contributed by atoms with Gasteiger partial charge in [-0.05, 0) is 79.9 Å². The first kappa shape index (κ1) is 16.6. The standard InChI is InChI=1S/C20H25BrFNO/c21-20-10-15-7-16(11-20)9-19(8-15,13-20)12-18(24)23-6-5-14-1-3-17(22)4-2-14/h1-4,15-16H,5-13H2,(H,23,24)/t15-,16-,19?,20?/m1/s1. The van der Waals surface area contributed by atoms with Crippen LogP contribution in [-0.4, -0.2) is 16.8 Å². The van der Waals surface area contributed by atoms with E-state index >= 15 is 0 Å². The summed E-state index contributed by atoms with van der Waals surface area (Å²) in [4.78, 5) is 12.5. The van der Waals surface area contributed by atoms with E-state index < -0.39 is 0 Å². The molecular weight excluding hydrogens is 369 g/mol. The largest absolute Gasteiger partial charge is 0.356 e. The number of alkyl halides is 1. The first-order valence-corrected chi connectivity index (χ1v) is 9.93. The normalized spacial score (nSPS) is 36.8. The molecule has 1 N–H and O–H groups in total. The lowest BCUT2D eigenvalue weighted by Crippen LogP contribution is -2.54. The summed E-state index contributed by atoms with van der Waals surface area (Å²) in [6, 6.07) is 6.52. The third-order valence-electron chi connectivity index (χ3n) is 6.30. The van der Waals surface area contributed by atoms with Crippen molar-refractivity contribution in [2.75, 3.05) is 6.54 Å². The molecule has 0 aliphatic heterocycles. The van der Waals surface area contributed by atoms with Crippen LogP contribution in [0.2, 0.25) is 0 Å². The molecule has 5 rings (SSSR count). The molecule has 0 unspecified atom stereocenters. The number of rotatable bonds is 5. The van der Waals surface area contributed by atoms with Gasteiger partial charge in [-0.25, -0.2) is 4.39 Å². The van der Waals surface area contributed by atoms with Gasteiger partial charge in [0.1, 0.15) is 5.82 Å². The van der Waals surface area contributed by atoms with Gasteiger partial charge in [0.25, 0.3) is 0 Å². The van der Waals surface area contributed by atoms with Crippen LogP contribution in [0.4, 0.5) is 4.39 Å². The maximum atomic E-state index is 12.9. The molecule has 0 saturated heterocycles. The molecule has 1 amide bonds. The molecular formula is C20H25BrFNO. The van der Waals surface area contributed by atoms with Gasteiger partial charge in [-0.3, -0.25) is 4.79 Å². The third-order valence-corrected chi connectivity index (χ3v) is 7.22. The molecule has 4 heteroatoms. The Morgan fingerprint density at radius 1 is 1.17 bits per heavy atom. The van der Waals surface area contributed by atoms with Gasteiger partial charge in [0, 0.05) is 17.3 Å². The molecule has 130 valence electrons. The first-order valence-electron chi connectivity index (χ1n) is 9.14. The van der Waals surface area contributed by atoms with Gasteiger partial charge in [0.05, 0.1) is 0 Å². The van der Waals surface area contributed by atoms with Crippen molar-refractivity contribution in [3.05, 3.63) is 35.6 Å². The van der Waals surface area contributed by atoms with Crippen molar-refractivity contribution in [3.8, 4) is 0 Å². The predicted octanol–water partition coefficient (Wildman–Crippen LogP) is 4.61. The Hall–Kier alpha value is -0.900. The summed E-state index contributed by atoms with van der Waals surface area (Å²) < 4.78 is 13.2. The second kappa shape index (κ2) is 6.12. The van der Waals surface area contributed by atoms with Crippen molar-refractivity contribution in [3.63, 3.8) is 0 Å². The Labute approximate surface area is 151 Å². The van der Waals surface area contributed by atoms with Gasteiger partial charge in [0.15, 0.2) is 0 Å². The molecule has 4 bridgehead atoms. The molecule has 4 aliphatic carbocycles. The SMILES string of the molecule is O=C(CC12C[C@H]3C[C@@H](CC(Br)(C3)C1)C2)NCCc1ccc(F)cc1. The number of hydrogen-bond acceptors (Lipinski definition) is 1. The Morgan fingerprint density at radius 3 is 2.46 bits per heavy atom. The average Bonchev–Trinajstić information content (AvgIpc) is 2.46. The number of hydrogen-bond donors (Lipinski definition) is 1. The maximum Gasteiger partial charge on any atom is 0.220 e. The quantitative estimate of drug-likeness (QED) is 0.727. The number of benzene rings is 1. The zero-order valence-corrected chi connectivity index (χ0v) is 15.6. The summed E-state index contributed by atoms with van der Waals surface area (Å²) in [6.07, 6.45) is 9.06. The maximum absolute atomic E-state index is 12.9. The fourth-order valence-corrected chi connectivity index (χ4v) is 7.45. The van der Waals surface area contributed by atoms with Crippen LogP contribution in [0.15, 0.2) is 24.3 Å². The van der Waals surface area contributed by atoms with E-state index in [-0.39, 0.29) is 17.1 Å². The Balaban J connectivity index is 1.31. The van der Waals surface area contributed by atoms with Crippen molar-refractivity contribution in [1.29, 1.82) is 0 Å². The first-order chi connectivity index (χ1) is 11.4. The van der Waals surface area contributed by atoms with Crippen molar-refractivity contribution in [2.45, 2.75) is 55.7 Å². The van der Waals surface area contributed by atoms with Gasteiger partial charge in [-0.15, -0.1) is 0 Å². The van der Waals surface area contributed by atoms with E-state index in [2.05, 4.69) is 21.2 Å². The molecule has 0 aromatic heterocycles. The highest BCUT2D eigenvalue weighted by molar-refractivity contribution is 9.10. The molecule has 1 aromatic rings. The smallest absolute Gasteiger partial charge is 0.220 e. The molecule has 2 atom stereocenters. The summed E-state index contributed by atoms with van der Waals surface area (Å²) in [6.45, 7) is 0.632. The van der Waals surface area contributed by atoms with Crippen LogP contribution in [0.3, 0.4) is 0 Å². The van der Waals surface area contributed by atoms with E-state index in [1.807, 2.05) is 0 Å². The minimum absolute atomic E-state index is 0.190. The minimum Gasteiger partial charge on any atom is -0.356 e. The highest BCUT2D eigenvalue weighted by atomic mass is 79.9. The topological polar surface area (TPSA) is 29.1 Å². The summed E-state index contributed by atoms with van der Waals surface area (Å²) >= 11 is 4.01. The average molecular weight is 394 g/mol. The monoisotopic (exact) mass is 393 g/mol. The summed E-state index contributed by atoms with van der Waals surface area (Å²) in [5.41, 5.74) is 1.29. The zero-order valence-electron chi connectivity index (χ0n) is 14.0. The summed E-state index contributed by atoms with van der Waals surface area (Å²) in [5.74, 6) is 1.61. The third kappa shape index (κ3) is 3.40. The highest BCUT2D eigenvalue weighted by Crippen LogP contribution is 2.65. The number of carbonyl (C=O) groups is 1. The molecule has 0 heterocycles. The molecule has 4 fully saturated rings. The van der Waals surface area contributed by atoms with Gasteiger partial charge < -0.3 is 5.32 Å². The van der Waals surface area contributed by atoms with Crippen LogP contribution < -0.4 is 5.32 Å². The van der Waals surface area contributed by atoms with Crippen molar-refractivity contribution in [1.82, 2.24) is 5.32 Å². The predicted molar refractivity (Wildman–Crippen MR) is 96.5 cm³/mol. The fourth-order valence-electron chi connectivity index (χ4n) is 5.94. The molecule has 24 heavy (non-hydrogen) atoms. The van der Waals surface area contributed by atoms with Crippen molar-refractivity contribution in [2.24, 2.45) is 17.3 Å². The van der Waals surface area contributed by atoms with Crippen molar-refractivity contribution < 1.29 is 9.18 Å². The van der Waals surface area contributed by atoms with E-state index in [0.717, 1.165) is 23.8 Å². The fraction of sp³-hybridized carbons (Fsp3) is 0.650. The van der Waals surface area contributed by atoms with Gasteiger partial charge in [-0.2, -0.15) is 0 Å². The van der Waals surface area contributed by atoms with Crippen LogP contribution in [0.1, 0.15) is 50.5 Å². The summed E-state index contributed by atoms with van der Waals surface area (Å²) in [7, 11) is 0. The Bertz CT molecular complexity index is 615. The molecule has 4 saturated carbocycles. The van der Waals surface area contributed by atoms with Crippen LogP contribution in [-0.2, 0) is 11.2 Å². The molecule has 1 aromatic carbocycles. The lowest BCUT2D eigenvalue weighted by atomic mass is 9.48. The second-order valence-electron chi connectivity index (χ2n) is 8.52. The number of halogens is 2. The number of carbonyl (C=O) groups excluding carboxylic acids is 1. The number of nitrogens with one attached hydrogen (secondary N) is 1. The second-order valence-corrected chi connectivity index (χ2v) is 10.2. The lowest BCUT2D eigenvalue weighted by Gasteiger charge is -2.60.